The lowest BCUT2D eigenvalue weighted by atomic mass is 10.2. The minimum absolute atomic E-state index is 0.0264. The average Bonchev–Trinajstić information content (AvgIpc) is 3.32. The van der Waals surface area contributed by atoms with Crippen LogP contribution in [-0.4, -0.2) is 44.5 Å². The van der Waals surface area contributed by atoms with E-state index in [1.54, 1.807) is 63.2 Å². The lowest BCUT2D eigenvalue weighted by Gasteiger charge is -2.19. The SMILES string of the molecule is CCc1ccc(OC)c(S(=O)(=O)Nc2noc3cc(Oc4cccc(CNC(=O)OC(C)(C)C)n4)cc(OC)c23)c1. The van der Waals surface area contributed by atoms with E-state index >= 15 is 0 Å². The van der Waals surface area contributed by atoms with Gasteiger partial charge in [0, 0.05) is 18.2 Å². The molecule has 0 fully saturated rings. The molecule has 13 heteroatoms. The topological polar surface area (TPSA) is 151 Å². The number of hydrogen-bond donors (Lipinski definition) is 2. The number of nitrogens with zero attached hydrogens (tertiary/aromatic N) is 2. The molecular formula is C28H32N4O8S. The second-order valence-electron chi connectivity index (χ2n) is 9.90. The predicted octanol–water partition coefficient (Wildman–Crippen LogP) is 5.42. The molecule has 4 rings (SSSR count). The Morgan fingerprint density at radius 2 is 1.78 bits per heavy atom. The monoisotopic (exact) mass is 584 g/mol. The third-order valence-corrected chi connectivity index (χ3v) is 7.06. The van der Waals surface area contributed by atoms with E-state index in [2.05, 4.69) is 20.2 Å². The fraction of sp³-hybridized carbons (Fsp3) is 0.321. The molecule has 0 bridgehead atoms. The molecule has 0 spiro atoms. The number of nitrogens with one attached hydrogen (secondary N) is 2. The minimum Gasteiger partial charge on any atom is -0.496 e. The van der Waals surface area contributed by atoms with Crippen LogP contribution < -0.4 is 24.2 Å². The van der Waals surface area contributed by atoms with E-state index in [0.717, 1.165) is 5.56 Å². The molecule has 0 radical (unpaired) electrons. The smallest absolute Gasteiger partial charge is 0.407 e. The van der Waals surface area contributed by atoms with Crippen LogP contribution in [0.2, 0.25) is 0 Å². The maximum atomic E-state index is 13.3. The highest BCUT2D eigenvalue weighted by molar-refractivity contribution is 7.92. The van der Waals surface area contributed by atoms with E-state index in [9.17, 15) is 13.2 Å². The number of fused-ring (bicyclic) bond motifs is 1. The second kappa shape index (κ2) is 11.9. The van der Waals surface area contributed by atoms with Gasteiger partial charge in [-0.25, -0.2) is 18.2 Å². The summed E-state index contributed by atoms with van der Waals surface area (Å²) in [5.41, 5.74) is 0.969. The number of anilines is 1. The molecule has 1 amide bonds. The molecular weight excluding hydrogens is 552 g/mol. The molecule has 0 atom stereocenters. The van der Waals surface area contributed by atoms with E-state index in [4.69, 9.17) is 23.5 Å². The van der Waals surface area contributed by atoms with Gasteiger partial charge in [-0.3, -0.25) is 4.72 Å². The fourth-order valence-electron chi connectivity index (χ4n) is 3.85. The van der Waals surface area contributed by atoms with Crippen molar-refractivity contribution < 1.29 is 36.7 Å². The maximum absolute atomic E-state index is 13.3. The number of benzene rings is 2. The van der Waals surface area contributed by atoms with Crippen LogP contribution in [0.1, 0.15) is 39.0 Å². The Bertz CT molecular complexity index is 1660. The summed E-state index contributed by atoms with van der Waals surface area (Å²) in [6.45, 7) is 7.39. The van der Waals surface area contributed by atoms with Crippen molar-refractivity contribution in [3.05, 3.63) is 59.8 Å². The summed E-state index contributed by atoms with van der Waals surface area (Å²) in [6.07, 6.45) is 0.0858. The average molecular weight is 585 g/mol. The van der Waals surface area contributed by atoms with Gasteiger partial charge in [0.1, 0.15) is 33.1 Å². The molecule has 0 aliphatic rings. The van der Waals surface area contributed by atoms with Crippen molar-refractivity contribution in [1.82, 2.24) is 15.5 Å². The van der Waals surface area contributed by atoms with Crippen molar-refractivity contribution >= 4 is 32.9 Å². The normalized spacial score (nSPS) is 11.7. The molecule has 2 aromatic carbocycles. The van der Waals surface area contributed by atoms with Crippen molar-refractivity contribution in [3.63, 3.8) is 0 Å². The van der Waals surface area contributed by atoms with E-state index in [1.807, 2.05) is 6.92 Å². The summed E-state index contributed by atoms with van der Waals surface area (Å²) in [5.74, 6) is 0.954. The highest BCUT2D eigenvalue weighted by atomic mass is 32.2. The van der Waals surface area contributed by atoms with Crippen molar-refractivity contribution in [2.24, 2.45) is 0 Å². The van der Waals surface area contributed by atoms with E-state index in [1.165, 1.54) is 20.3 Å². The van der Waals surface area contributed by atoms with Gasteiger partial charge in [0.25, 0.3) is 10.0 Å². The number of ether oxygens (including phenoxy) is 4. The summed E-state index contributed by atoms with van der Waals surface area (Å²) in [6, 6.07) is 13.2. The highest BCUT2D eigenvalue weighted by Gasteiger charge is 2.25. The standard InChI is InChI=1S/C28H32N4O8S/c1-7-17-11-12-20(36-5)23(13-17)41(34,35)32-26-25-21(37-6)14-19(15-22(25)40-31-26)38-24-10-8-9-18(30-24)16-29-27(33)39-28(2,3)4/h8-15H,7,16H2,1-6H3,(H,29,33)(H,31,32). The number of amides is 1. The molecule has 0 saturated carbocycles. The third kappa shape index (κ3) is 7.17. The van der Waals surface area contributed by atoms with Gasteiger partial charge in [0.2, 0.25) is 5.88 Å². The van der Waals surface area contributed by atoms with Gasteiger partial charge in [-0.15, -0.1) is 0 Å². The molecule has 41 heavy (non-hydrogen) atoms. The van der Waals surface area contributed by atoms with Crippen LogP contribution in [0.15, 0.2) is 57.9 Å². The van der Waals surface area contributed by atoms with Crippen LogP contribution >= 0.6 is 0 Å². The zero-order valence-electron chi connectivity index (χ0n) is 23.6. The Labute approximate surface area is 238 Å². The van der Waals surface area contributed by atoms with Crippen molar-refractivity contribution in [1.29, 1.82) is 0 Å². The molecule has 4 aromatic rings. The molecule has 0 aliphatic heterocycles. The van der Waals surface area contributed by atoms with Gasteiger partial charge in [0.05, 0.1) is 26.5 Å². The van der Waals surface area contributed by atoms with Gasteiger partial charge >= 0.3 is 6.09 Å². The van der Waals surface area contributed by atoms with Crippen molar-refractivity contribution in [2.75, 3.05) is 18.9 Å². The van der Waals surface area contributed by atoms with Crippen LogP contribution in [0.3, 0.4) is 0 Å². The molecule has 2 heterocycles. The van der Waals surface area contributed by atoms with Gasteiger partial charge in [0.15, 0.2) is 11.4 Å². The number of aromatic nitrogens is 2. The fourth-order valence-corrected chi connectivity index (χ4v) is 5.07. The van der Waals surface area contributed by atoms with Crippen LogP contribution in [-0.2, 0) is 27.7 Å². The quantitative estimate of drug-likeness (QED) is 0.247. The van der Waals surface area contributed by atoms with E-state index < -0.39 is 21.7 Å². The number of rotatable bonds is 10. The molecule has 12 nitrogen and oxygen atoms in total. The summed E-state index contributed by atoms with van der Waals surface area (Å²) in [4.78, 5) is 16.3. The Kier molecular flexibility index (Phi) is 8.57. The molecule has 2 N–H and O–H groups in total. The van der Waals surface area contributed by atoms with E-state index in [-0.39, 0.29) is 40.2 Å². The first kappa shape index (κ1) is 29.5. The number of alkyl carbamates (subject to hydrolysis) is 1. The Hall–Kier alpha value is -4.52. The lowest BCUT2D eigenvalue weighted by molar-refractivity contribution is 0.0522. The highest BCUT2D eigenvalue weighted by Crippen LogP contribution is 2.38. The summed E-state index contributed by atoms with van der Waals surface area (Å²) < 4.78 is 56.5. The number of methoxy groups -OCH3 is 2. The minimum atomic E-state index is -4.09. The third-order valence-electron chi connectivity index (χ3n) is 5.70. The first-order valence-corrected chi connectivity index (χ1v) is 14.2. The maximum Gasteiger partial charge on any atom is 0.407 e. The zero-order chi connectivity index (χ0) is 29.8. The molecule has 218 valence electrons. The number of carbonyl (C=O) groups is 1. The van der Waals surface area contributed by atoms with Crippen LogP contribution in [0.25, 0.3) is 11.0 Å². The number of hydrogen-bond acceptors (Lipinski definition) is 10. The lowest BCUT2D eigenvalue weighted by Crippen LogP contribution is -2.32. The van der Waals surface area contributed by atoms with Crippen molar-refractivity contribution in [3.8, 4) is 23.1 Å². The van der Waals surface area contributed by atoms with Crippen molar-refractivity contribution in [2.45, 2.75) is 51.2 Å². The summed E-state index contributed by atoms with van der Waals surface area (Å²) in [7, 11) is -1.26. The Morgan fingerprint density at radius 1 is 1.02 bits per heavy atom. The van der Waals surface area contributed by atoms with Gasteiger partial charge in [-0.1, -0.05) is 24.2 Å². The van der Waals surface area contributed by atoms with Crippen LogP contribution in [0, 0.1) is 0 Å². The Balaban J connectivity index is 1.56. The second-order valence-corrected chi connectivity index (χ2v) is 11.5. The van der Waals surface area contributed by atoms with Gasteiger partial charge in [-0.05, 0) is 51.0 Å². The summed E-state index contributed by atoms with van der Waals surface area (Å²) in [5, 5.41) is 6.88. The number of pyridine rings is 1. The van der Waals surface area contributed by atoms with E-state index in [0.29, 0.717) is 23.3 Å². The van der Waals surface area contributed by atoms with Gasteiger partial charge < -0.3 is 28.8 Å². The molecule has 0 saturated heterocycles. The first-order valence-electron chi connectivity index (χ1n) is 12.7. The number of carbonyl (C=O) groups excluding carboxylic acids is 1. The number of aryl methyl sites for hydroxylation is 1. The summed E-state index contributed by atoms with van der Waals surface area (Å²) >= 11 is 0. The zero-order valence-corrected chi connectivity index (χ0v) is 24.4. The molecule has 0 aliphatic carbocycles. The molecule has 2 aromatic heterocycles. The first-order chi connectivity index (χ1) is 19.4. The largest absolute Gasteiger partial charge is 0.496 e. The van der Waals surface area contributed by atoms with Crippen LogP contribution in [0.5, 0.6) is 23.1 Å². The Morgan fingerprint density at radius 3 is 2.46 bits per heavy atom. The van der Waals surface area contributed by atoms with Crippen LogP contribution in [0.4, 0.5) is 10.6 Å². The number of sulfonamides is 1. The predicted molar refractivity (Wildman–Crippen MR) is 151 cm³/mol. The molecule has 0 unspecified atom stereocenters. The van der Waals surface area contributed by atoms with Gasteiger partial charge in [-0.2, -0.15) is 0 Å².